The minimum Gasteiger partial charge on any atom is -0.384 e. The van der Waals surface area contributed by atoms with Gasteiger partial charge in [0, 0.05) is 123 Å². The summed E-state index contributed by atoms with van der Waals surface area (Å²) in [6.07, 6.45) is 9.87. The number of aryl methyl sites for hydroxylation is 4. The Balaban J connectivity index is 0.683. The van der Waals surface area contributed by atoms with Crippen LogP contribution in [0.3, 0.4) is 0 Å². The third kappa shape index (κ3) is 11.0. The second-order valence-corrected chi connectivity index (χ2v) is 18.1. The minimum absolute atomic E-state index is 0.0223. The van der Waals surface area contributed by atoms with Crippen molar-refractivity contribution in [2.75, 3.05) is 92.0 Å². The van der Waals surface area contributed by atoms with Crippen molar-refractivity contribution < 1.29 is 24.0 Å². The van der Waals surface area contributed by atoms with E-state index in [-0.39, 0.29) is 65.1 Å². The fourth-order valence-corrected chi connectivity index (χ4v) is 9.10. The molecule has 1 saturated heterocycles. The number of hydrogen-bond donors (Lipinski definition) is 7. The Hall–Kier alpha value is -8.71. The van der Waals surface area contributed by atoms with Gasteiger partial charge in [-0.15, -0.1) is 0 Å². The van der Waals surface area contributed by atoms with Crippen LogP contribution >= 0.6 is 0 Å². The number of benzene rings is 2. The maximum Gasteiger partial charge on any atom is 0.292 e. The number of carbonyl (C=O) groups excluding carboxylic acids is 5. The van der Waals surface area contributed by atoms with E-state index in [1.807, 2.05) is 40.8 Å². The first-order valence-electron chi connectivity index (χ1n) is 24.4. The van der Waals surface area contributed by atoms with Crippen LogP contribution in [0, 0.1) is 0 Å². The Morgan fingerprint density at radius 3 is 1.64 bits per heavy atom. The van der Waals surface area contributed by atoms with Gasteiger partial charge in [0.05, 0.1) is 21.9 Å². The Labute approximate surface area is 424 Å². The molecule has 0 unspecified atom stereocenters. The average molecular weight is 1010 g/mol. The Morgan fingerprint density at radius 1 is 0.581 bits per heavy atom. The predicted octanol–water partition coefficient (Wildman–Crippen LogP) is 2.31. The van der Waals surface area contributed by atoms with Gasteiger partial charge >= 0.3 is 0 Å². The van der Waals surface area contributed by atoms with Crippen molar-refractivity contribution in [2.45, 2.75) is 26.2 Å². The summed E-state index contributed by atoms with van der Waals surface area (Å²) in [5.74, 6) is -1.60. The fourth-order valence-electron chi connectivity index (χ4n) is 9.10. The summed E-state index contributed by atoms with van der Waals surface area (Å²) in [6, 6.07) is 11.6. The first-order valence-corrected chi connectivity index (χ1v) is 24.4. The molecule has 8 aromatic rings. The Morgan fingerprint density at radius 2 is 1.08 bits per heavy atom. The molecule has 9 rings (SSSR count). The van der Waals surface area contributed by atoms with Crippen LogP contribution in [0.15, 0.2) is 72.3 Å². The first-order chi connectivity index (χ1) is 35.7. The highest BCUT2D eigenvalue weighted by molar-refractivity contribution is 6.07. The highest BCUT2D eigenvalue weighted by atomic mass is 16.2. The Bertz CT molecular complexity index is 3430. The highest BCUT2D eigenvalue weighted by Crippen LogP contribution is 2.28. The van der Waals surface area contributed by atoms with Gasteiger partial charge in [-0.3, -0.25) is 33.2 Å². The molecular weight excluding hydrogens is 951 g/mol. The lowest BCUT2D eigenvalue weighted by Gasteiger charge is -2.34. The largest absolute Gasteiger partial charge is 0.384 e. The SMILES string of the molecule is CCNC(=O)CCNC(=O)c1nc(NC(=O)c2nc(NC(=O)c3nc(NC(=O)c4nc(NCCCN5CCN(CCCNc6ccc7ncn8c9ccccc9c(=O)c6c78)CC5)cn4C)cn3C)cn2C)cn1C. The standard InChI is InChI=1S/C49H59N19O6/c1-6-50-38(69)15-18-53-46(71)42-56-35(26-63(42)3)59-48(73)44-58-37(28-65(44)5)61-49(74)45-57-36(27-64(45)4)60-47(72)43-55-34(25-62(43)2)52-17-10-20-67-23-21-66(22-24-67)19-9-16-51-31-13-14-32-40-39(31)41(70)30-11-7-8-12-33(30)68(40)29-54-32/h7-8,11-14,25-29,51-52H,6,9-10,15-24H2,1-5H3,(H,50,69)(H,53,71)(H,59,73)(H,60,72)(H,61,74). The molecular formula is C49H59N19O6. The molecule has 74 heavy (non-hydrogen) atoms. The molecule has 7 N–H and O–H groups in total. The average Bonchev–Trinajstić information content (AvgIpc) is 4.23. The van der Waals surface area contributed by atoms with Gasteiger partial charge in [0.2, 0.25) is 29.2 Å². The number of hydrogen-bond acceptors (Lipinski definition) is 15. The van der Waals surface area contributed by atoms with Crippen molar-refractivity contribution in [2.24, 2.45) is 28.2 Å². The number of pyridine rings is 1. The van der Waals surface area contributed by atoms with E-state index in [0.717, 1.165) is 80.9 Å². The summed E-state index contributed by atoms with van der Waals surface area (Å²) in [5, 5.41) is 21.5. The lowest BCUT2D eigenvalue weighted by Crippen LogP contribution is -2.47. The number of amides is 5. The van der Waals surface area contributed by atoms with Gasteiger partial charge in [0.1, 0.15) is 12.1 Å². The second kappa shape index (κ2) is 22.0. The predicted molar refractivity (Wildman–Crippen MR) is 279 cm³/mol. The van der Waals surface area contributed by atoms with Gasteiger partial charge in [-0.25, -0.2) is 24.9 Å². The van der Waals surface area contributed by atoms with Crippen LogP contribution < -0.4 is 42.6 Å². The van der Waals surface area contributed by atoms with Crippen LogP contribution in [0.4, 0.5) is 29.0 Å². The van der Waals surface area contributed by atoms with Crippen molar-refractivity contribution in [1.29, 1.82) is 0 Å². The number of fused-ring (bicyclic) bond motifs is 2. The highest BCUT2D eigenvalue weighted by Gasteiger charge is 2.24. The maximum absolute atomic E-state index is 13.6. The summed E-state index contributed by atoms with van der Waals surface area (Å²) in [7, 11) is 6.48. The van der Waals surface area contributed by atoms with Gasteiger partial charge in [-0.1, -0.05) is 12.1 Å². The maximum atomic E-state index is 13.6. The van der Waals surface area contributed by atoms with E-state index >= 15 is 0 Å². The molecule has 0 spiro atoms. The quantitative estimate of drug-likeness (QED) is 0.0402. The molecule has 1 aliphatic heterocycles. The van der Waals surface area contributed by atoms with E-state index < -0.39 is 23.6 Å². The lowest BCUT2D eigenvalue weighted by atomic mass is 10.1. The number of imidazole rings is 5. The van der Waals surface area contributed by atoms with E-state index in [2.05, 4.69) is 71.9 Å². The lowest BCUT2D eigenvalue weighted by molar-refractivity contribution is -0.120. The van der Waals surface area contributed by atoms with E-state index in [1.54, 1.807) is 52.2 Å². The zero-order valence-electron chi connectivity index (χ0n) is 41.9. The van der Waals surface area contributed by atoms with Gasteiger partial charge in [0.15, 0.2) is 22.9 Å². The van der Waals surface area contributed by atoms with Gasteiger partial charge in [-0.05, 0) is 57.1 Å². The van der Waals surface area contributed by atoms with Crippen LogP contribution in [0.5, 0.6) is 0 Å². The van der Waals surface area contributed by atoms with E-state index in [1.165, 1.54) is 32.3 Å². The van der Waals surface area contributed by atoms with E-state index in [9.17, 15) is 28.8 Å². The van der Waals surface area contributed by atoms with Crippen LogP contribution in [0.25, 0.3) is 27.3 Å². The molecule has 1 fully saturated rings. The Kier molecular flexibility index (Phi) is 14.9. The van der Waals surface area contributed by atoms with Crippen molar-refractivity contribution >= 4 is 85.8 Å². The molecule has 0 bridgehead atoms. The fraction of sp³-hybridized carbons (Fsp3) is 0.367. The number of nitrogens with zero attached hydrogens (tertiary/aromatic N) is 12. The summed E-state index contributed by atoms with van der Waals surface area (Å²) in [6.45, 7) is 9.63. The van der Waals surface area contributed by atoms with E-state index in [4.69, 9.17) is 0 Å². The minimum atomic E-state index is -0.649. The molecule has 5 amide bonds. The molecule has 0 radical (unpaired) electrons. The summed E-state index contributed by atoms with van der Waals surface area (Å²) in [5.41, 5.74) is 3.39. The number of carbonyl (C=O) groups is 5. The topological polar surface area (TPSA) is 282 Å². The monoisotopic (exact) mass is 1010 g/mol. The number of aromatic nitrogens is 10. The van der Waals surface area contributed by atoms with Crippen molar-refractivity contribution in [1.82, 2.24) is 68.0 Å². The number of para-hydroxylation sites is 1. The molecule has 2 aromatic carbocycles. The van der Waals surface area contributed by atoms with Crippen LogP contribution in [0.2, 0.25) is 0 Å². The molecule has 0 saturated carbocycles. The molecule has 0 atom stereocenters. The van der Waals surface area contributed by atoms with Crippen LogP contribution in [-0.2, 0) is 33.0 Å². The van der Waals surface area contributed by atoms with E-state index in [0.29, 0.717) is 29.7 Å². The van der Waals surface area contributed by atoms with Crippen LogP contribution in [0.1, 0.15) is 68.7 Å². The van der Waals surface area contributed by atoms with Crippen molar-refractivity contribution in [3.63, 3.8) is 0 Å². The van der Waals surface area contributed by atoms with Gasteiger partial charge in [-0.2, -0.15) is 0 Å². The molecule has 1 aliphatic rings. The summed E-state index contributed by atoms with van der Waals surface area (Å²) >= 11 is 0. The molecule has 6 aromatic heterocycles. The second-order valence-electron chi connectivity index (χ2n) is 18.1. The molecule has 7 heterocycles. The van der Waals surface area contributed by atoms with Gasteiger partial charge < -0.3 is 65.3 Å². The molecule has 25 heteroatoms. The summed E-state index contributed by atoms with van der Waals surface area (Å²) < 4.78 is 7.92. The summed E-state index contributed by atoms with van der Waals surface area (Å²) in [4.78, 5) is 105. The third-order valence-corrected chi connectivity index (χ3v) is 12.8. The first kappa shape index (κ1) is 50.2. The number of piperazine rings is 1. The number of anilines is 5. The number of nitrogens with one attached hydrogen (secondary N) is 7. The van der Waals surface area contributed by atoms with Gasteiger partial charge in [0.25, 0.3) is 23.6 Å². The zero-order chi connectivity index (χ0) is 52.0. The van der Waals surface area contributed by atoms with Crippen molar-refractivity contribution in [3.05, 3.63) is 101 Å². The molecule has 25 nitrogen and oxygen atoms in total. The number of rotatable bonds is 21. The van der Waals surface area contributed by atoms with Crippen molar-refractivity contribution in [3.8, 4) is 0 Å². The normalized spacial score (nSPS) is 13.1. The zero-order valence-corrected chi connectivity index (χ0v) is 41.9. The molecule has 0 aliphatic carbocycles. The smallest absolute Gasteiger partial charge is 0.292 e. The van der Waals surface area contributed by atoms with Crippen LogP contribution in [-0.4, -0.2) is 152 Å². The third-order valence-electron chi connectivity index (χ3n) is 12.8. The molecule has 386 valence electrons.